The standard InChI is InChI=1S/C25H29FN2O3/c1-12-7-8-15-13(2)18(26)10-19-22(15)21(12)14(3)23(27-19)20-9-17(25(4,5)30)16(11-31-6)24(29)28-20/h9-10,12,30H,7-8,11H2,1-6H3,(H,28,29)/t12-/m0/s1. The average molecular weight is 425 g/mol. The molecule has 0 radical (unpaired) electrons. The van der Waals surface area contributed by atoms with Crippen molar-refractivity contribution >= 4 is 10.9 Å². The third kappa shape index (κ3) is 3.48. The second-order valence-electron chi connectivity index (χ2n) is 9.19. The molecule has 0 bridgehead atoms. The summed E-state index contributed by atoms with van der Waals surface area (Å²) in [5, 5.41) is 11.8. The summed E-state index contributed by atoms with van der Waals surface area (Å²) in [5.41, 5.74) is 4.90. The number of nitrogens with one attached hydrogen (secondary N) is 1. The van der Waals surface area contributed by atoms with Gasteiger partial charge in [-0.05, 0) is 80.3 Å². The van der Waals surface area contributed by atoms with Crippen LogP contribution in [0.5, 0.6) is 0 Å². The Morgan fingerprint density at radius 1 is 1.29 bits per heavy atom. The van der Waals surface area contributed by atoms with Crippen molar-refractivity contribution in [2.75, 3.05) is 7.11 Å². The van der Waals surface area contributed by atoms with Crippen LogP contribution in [0.15, 0.2) is 16.9 Å². The molecule has 0 saturated heterocycles. The minimum Gasteiger partial charge on any atom is -0.386 e. The Balaban J connectivity index is 2.07. The lowest BCUT2D eigenvalue weighted by atomic mass is 9.79. The molecule has 5 nitrogen and oxygen atoms in total. The van der Waals surface area contributed by atoms with Gasteiger partial charge < -0.3 is 14.8 Å². The molecular formula is C25H29FN2O3. The molecule has 0 unspecified atom stereocenters. The molecule has 4 rings (SSSR count). The van der Waals surface area contributed by atoms with Crippen LogP contribution in [0, 0.1) is 19.7 Å². The summed E-state index contributed by atoms with van der Waals surface area (Å²) < 4.78 is 19.8. The van der Waals surface area contributed by atoms with E-state index in [0.717, 1.165) is 34.9 Å². The number of H-pyrrole nitrogens is 1. The summed E-state index contributed by atoms with van der Waals surface area (Å²) in [7, 11) is 1.51. The fourth-order valence-corrected chi connectivity index (χ4v) is 4.94. The average Bonchev–Trinajstić information content (AvgIpc) is 2.69. The number of pyridine rings is 2. The summed E-state index contributed by atoms with van der Waals surface area (Å²) in [4.78, 5) is 20.6. The number of hydrogen-bond acceptors (Lipinski definition) is 4. The van der Waals surface area contributed by atoms with Crippen LogP contribution < -0.4 is 5.56 Å². The van der Waals surface area contributed by atoms with E-state index in [0.29, 0.717) is 39.5 Å². The Labute approximate surface area is 181 Å². The number of aliphatic hydroxyl groups is 1. The van der Waals surface area contributed by atoms with Gasteiger partial charge in [0.15, 0.2) is 0 Å². The largest absolute Gasteiger partial charge is 0.386 e. The van der Waals surface area contributed by atoms with Gasteiger partial charge in [0, 0.05) is 24.1 Å². The quantitative estimate of drug-likeness (QED) is 0.633. The van der Waals surface area contributed by atoms with Crippen LogP contribution in [0.1, 0.15) is 66.5 Å². The molecular weight excluding hydrogens is 395 g/mol. The summed E-state index contributed by atoms with van der Waals surface area (Å²) >= 11 is 0. The van der Waals surface area contributed by atoms with Crippen LogP contribution in [-0.2, 0) is 23.4 Å². The van der Waals surface area contributed by atoms with Gasteiger partial charge in [-0.3, -0.25) is 4.79 Å². The number of halogens is 1. The summed E-state index contributed by atoms with van der Waals surface area (Å²) in [6, 6.07) is 3.26. The molecule has 0 fully saturated rings. The Morgan fingerprint density at radius 2 is 2.00 bits per heavy atom. The van der Waals surface area contributed by atoms with Crippen molar-refractivity contribution in [2.45, 2.75) is 65.6 Å². The molecule has 2 heterocycles. The van der Waals surface area contributed by atoms with Gasteiger partial charge in [-0.1, -0.05) is 6.92 Å². The maximum atomic E-state index is 14.7. The van der Waals surface area contributed by atoms with E-state index in [1.807, 2.05) is 13.8 Å². The molecule has 3 aromatic rings. The zero-order chi connectivity index (χ0) is 22.7. The normalized spacial score (nSPS) is 16.2. The minimum atomic E-state index is -1.24. The van der Waals surface area contributed by atoms with Crippen molar-refractivity contribution in [3.05, 3.63) is 61.7 Å². The van der Waals surface area contributed by atoms with Crippen LogP contribution in [0.4, 0.5) is 4.39 Å². The highest BCUT2D eigenvalue weighted by Gasteiger charge is 2.28. The second kappa shape index (κ2) is 7.53. The molecule has 0 amide bonds. The molecule has 0 saturated carbocycles. The number of ether oxygens (including phenoxy) is 1. The van der Waals surface area contributed by atoms with Gasteiger partial charge in [-0.25, -0.2) is 9.37 Å². The molecule has 0 spiro atoms. The number of aromatic nitrogens is 2. The summed E-state index contributed by atoms with van der Waals surface area (Å²) in [6.45, 7) is 9.39. The fraction of sp³-hybridized carbons (Fsp3) is 0.440. The van der Waals surface area contributed by atoms with Crippen LogP contribution in [-0.4, -0.2) is 22.2 Å². The Hall–Kier alpha value is -2.57. The van der Waals surface area contributed by atoms with Crippen LogP contribution in [0.25, 0.3) is 22.3 Å². The lowest BCUT2D eigenvalue weighted by Gasteiger charge is -2.28. The smallest absolute Gasteiger partial charge is 0.254 e. The zero-order valence-corrected chi connectivity index (χ0v) is 18.9. The maximum Gasteiger partial charge on any atom is 0.254 e. The number of aryl methyl sites for hydroxylation is 1. The van der Waals surface area contributed by atoms with Gasteiger partial charge in [0.25, 0.3) is 5.56 Å². The molecule has 2 aromatic heterocycles. The van der Waals surface area contributed by atoms with Gasteiger partial charge >= 0.3 is 0 Å². The van der Waals surface area contributed by atoms with E-state index in [-0.39, 0.29) is 18.0 Å². The van der Waals surface area contributed by atoms with E-state index < -0.39 is 5.60 Å². The second-order valence-corrected chi connectivity index (χ2v) is 9.19. The number of benzene rings is 1. The Morgan fingerprint density at radius 3 is 2.65 bits per heavy atom. The molecule has 31 heavy (non-hydrogen) atoms. The molecule has 6 heteroatoms. The van der Waals surface area contributed by atoms with E-state index in [2.05, 4.69) is 11.9 Å². The fourth-order valence-electron chi connectivity index (χ4n) is 4.94. The highest BCUT2D eigenvalue weighted by atomic mass is 19.1. The number of aromatic amines is 1. The number of hydrogen-bond donors (Lipinski definition) is 2. The number of nitrogens with zero attached hydrogens (tertiary/aromatic N) is 1. The first-order chi connectivity index (χ1) is 14.5. The molecule has 1 atom stereocenters. The van der Waals surface area contributed by atoms with Gasteiger partial charge in [0.2, 0.25) is 0 Å². The van der Waals surface area contributed by atoms with E-state index in [9.17, 15) is 14.3 Å². The van der Waals surface area contributed by atoms with Crippen molar-refractivity contribution in [1.82, 2.24) is 9.97 Å². The van der Waals surface area contributed by atoms with Crippen molar-refractivity contribution in [3.63, 3.8) is 0 Å². The Kier molecular flexibility index (Phi) is 5.26. The van der Waals surface area contributed by atoms with Gasteiger partial charge in [0.1, 0.15) is 5.82 Å². The first-order valence-corrected chi connectivity index (χ1v) is 10.6. The molecule has 2 N–H and O–H groups in total. The first-order valence-electron chi connectivity index (χ1n) is 10.6. The van der Waals surface area contributed by atoms with E-state index in [1.165, 1.54) is 13.2 Å². The van der Waals surface area contributed by atoms with Gasteiger partial charge in [-0.15, -0.1) is 0 Å². The van der Waals surface area contributed by atoms with Gasteiger partial charge in [0.05, 0.1) is 29.1 Å². The van der Waals surface area contributed by atoms with Crippen LogP contribution >= 0.6 is 0 Å². The van der Waals surface area contributed by atoms with Crippen molar-refractivity contribution < 1.29 is 14.2 Å². The predicted octanol–water partition coefficient (Wildman–Crippen LogP) is 4.77. The highest BCUT2D eigenvalue weighted by molar-refractivity contribution is 5.92. The minimum absolute atomic E-state index is 0.0925. The molecule has 164 valence electrons. The summed E-state index contributed by atoms with van der Waals surface area (Å²) in [6.07, 6.45) is 1.77. The van der Waals surface area contributed by atoms with E-state index in [4.69, 9.17) is 9.72 Å². The summed E-state index contributed by atoms with van der Waals surface area (Å²) in [5.74, 6) is 0.0428. The van der Waals surface area contributed by atoms with E-state index >= 15 is 0 Å². The lowest BCUT2D eigenvalue weighted by molar-refractivity contribution is 0.0743. The van der Waals surface area contributed by atoms with E-state index in [1.54, 1.807) is 19.9 Å². The predicted molar refractivity (Wildman–Crippen MR) is 120 cm³/mol. The zero-order valence-electron chi connectivity index (χ0n) is 18.9. The van der Waals surface area contributed by atoms with Crippen molar-refractivity contribution in [3.8, 4) is 11.4 Å². The Bertz CT molecular complexity index is 1250. The number of rotatable bonds is 4. The third-order valence-electron chi connectivity index (χ3n) is 6.55. The van der Waals surface area contributed by atoms with Crippen LogP contribution in [0.3, 0.4) is 0 Å². The third-order valence-corrected chi connectivity index (χ3v) is 6.55. The van der Waals surface area contributed by atoms with Crippen LogP contribution in [0.2, 0.25) is 0 Å². The molecule has 1 aromatic carbocycles. The van der Waals surface area contributed by atoms with Crippen molar-refractivity contribution in [1.29, 1.82) is 0 Å². The number of methoxy groups -OCH3 is 1. The van der Waals surface area contributed by atoms with Gasteiger partial charge in [-0.2, -0.15) is 0 Å². The lowest BCUT2D eigenvalue weighted by Crippen LogP contribution is -2.26. The van der Waals surface area contributed by atoms with Crippen molar-refractivity contribution in [2.24, 2.45) is 0 Å². The molecule has 1 aliphatic rings. The first kappa shape index (κ1) is 21.7. The highest BCUT2D eigenvalue weighted by Crippen LogP contribution is 2.42. The molecule has 1 aliphatic carbocycles. The topological polar surface area (TPSA) is 75.2 Å². The SMILES string of the molecule is COCc1c(C(C)(C)O)cc(-c2nc3cc(F)c(C)c4c3c(c2C)[C@@H](C)CC4)[nH]c1=O. The monoisotopic (exact) mass is 424 g/mol. The maximum absolute atomic E-state index is 14.7. The molecule has 0 aliphatic heterocycles.